The van der Waals surface area contributed by atoms with Gasteiger partial charge in [-0.1, -0.05) is 18.2 Å². The Balaban J connectivity index is 3.11. The van der Waals surface area contributed by atoms with Crippen molar-refractivity contribution in [3.63, 3.8) is 0 Å². The zero-order valence-corrected chi connectivity index (χ0v) is 11.0. The number of alkyl halides is 3. The third-order valence-corrected chi connectivity index (χ3v) is 2.63. The molecule has 0 unspecified atom stereocenters. The molecule has 0 saturated carbocycles. The Bertz CT molecular complexity index is 455. The van der Waals surface area contributed by atoms with Gasteiger partial charge in [0, 0.05) is 7.11 Å². The molecule has 0 aliphatic heterocycles. The number of methoxy groups -OCH3 is 1. The van der Waals surface area contributed by atoms with Gasteiger partial charge in [0.15, 0.2) is 0 Å². The zero-order valence-electron chi connectivity index (χ0n) is 11.0. The second-order valence-corrected chi connectivity index (χ2v) is 4.65. The SMILES string of the molecule is COCC(=O)NC(C)(C)c1ccccc1C(F)(F)F. The topological polar surface area (TPSA) is 38.3 Å². The molecule has 1 aromatic rings. The molecule has 1 aromatic carbocycles. The van der Waals surface area contributed by atoms with Crippen LogP contribution in [0.2, 0.25) is 0 Å². The van der Waals surface area contributed by atoms with Crippen molar-refractivity contribution in [2.24, 2.45) is 0 Å². The maximum atomic E-state index is 12.9. The summed E-state index contributed by atoms with van der Waals surface area (Å²) in [5, 5.41) is 2.52. The van der Waals surface area contributed by atoms with E-state index in [2.05, 4.69) is 10.1 Å². The highest BCUT2D eigenvalue weighted by molar-refractivity contribution is 5.78. The molecule has 0 aliphatic rings. The lowest BCUT2D eigenvalue weighted by atomic mass is 9.89. The van der Waals surface area contributed by atoms with Crippen LogP contribution in [0.25, 0.3) is 0 Å². The minimum atomic E-state index is -4.46. The first-order valence-electron chi connectivity index (χ1n) is 5.65. The number of carbonyl (C=O) groups excluding carboxylic acids is 1. The van der Waals surface area contributed by atoms with Crippen LogP contribution in [-0.4, -0.2) is 19.6 Å². The summed E-state index contributed by atoms with van der Waals surface area (Å²) >= 11 is 0. The second kappa shape index (κ2) is 5.61. The van der Waals surface area contributed by atoms with E-state index in [1.54, 1.807) is 0 Å². The van der Waals surface area contributed by atoms with E-state index in [1.807, 2.05) is 0 Å². The Labute approximate surface area is 109 Å². The van der Waals surface area contributed by atoms with E-state index >= 15 is 0 Å². The van der Waals surface area contributed by atoms with Gasteiger partial charge < -0.3 is 10.1 Å². The maximum Gasteiger partial charge on any atom is 0.416 e. The lowest BCUT2D eigenvalue weighted by Gasteiger charge is -2.29. The molecule has 0 atom stereocenters. The molecule has 1 rings (SSSR count). The van der Waals surface area contributed by atoms with Gasteiger partial charge in [0.1, 0.15) is 6.61 Å². The third kappa shape index (κ3) is 3.96. The summed E-state index contributed by atoms with van der Waals surface area (Å²) in [4.78, 5) is 11.5. The van der Waals surface area contributed by atoms with Crippen LogP contribution < -0.4 is 5.32 Å². The van der Waals surface area contributed by atoms with Gasteiger partial charge in [0.25, 0.3) is 0 Å². The molecule has 3 nitrogen and oxygen atoms in total. The highest BCUT2D eigenvalue weighted by Crippen LogP contribution is 2.36. The van der Waals surface area contributed by atoms with E-state index in [0.29, 0.717) is 0 Å². The van der Waals surface area contributed by atoms with Crippen molar-refractivity contribution in [1.82, 2.24) is 5.32 Å². The summed E-state index contributed by atoms with van der Waals surface area (Å²) in [6.45, 7) is 2.84. The minimum Gasteiger partial charge on any atom is -0.375 e. The van der Waals surface area contributed by atoms with Crippen molar-refractivity contribution in [2.45, 2.75) is 25.6 Å². The average Bonchev–Trinajstić information content (AvgIpc) is 2.27. The Morgan fingerprint density at radius 2 is 1.74 bits per heavy atom. The standard InChI is InChI=1S/C13H16F3NO2/c1-12(2,17-11(18)8-19-3)9-6-4-5-7-10(9)13(14,15)16/h4-7H,8H2,1-3H3,(H,17,18). The van der Waals surface area contributed by atoms with Crippen molar-refractivity contribution < 1.29 is 22.7 Å². The highest BCUT2D eigenvalue weighted by Gasteiger charge is 2.37. The lowest BCUT2D eigenvalue weighted by molar-refractivity contribution is -0.139. The largest absolute Gasteiger partial charge is 0.416 e. The Morgan fingerprint density at radius 3 is 2.21 bits per heavy atom. The number of ether oxygens (including phenoxy) is 1. The predicted octanol–water partition coefficient (Wildman–Crippen LogP) is 2.70. The molecule has 0 bridgehead atoms. The first-order chi connectivity index (χ1) is 8.68. The normalized spacial score (nSPS) is 12.3. The van der Waals surface area contributed by atoms with Gasteiger partial charge in [-0.3, -0.25) is 4.79 Å². The first kappa shape index (κ1) is 15.5. The number of hydrogen-bond acceptors (Lipinski definition) is 2. The Kier molecular flexibility index (Phi) is 4.57. The monoisotopic (exact) mass is 275 g/mol. The molecule has 0 spiro atoms. The van der Waals surface area contributed by atoms with Crippen molar-refractivity contribution in [3.05, 3.63) is 35.4 Å². The van der Waals surface area contributed by atoms with Gasteiger partial charge in [-0.05, 0) is 25.5 Å². The average molecular weight is 275 g/mol. The second-order valence-electron chi connectivity index (χ2n) is 4.65. The molecule has 0 fully saturated rings. The van der Waals surface area contributed by atoms with Crippen LogP contribution in [0.15, 0.2) is 24.3 Å². The van der Waals surface area contributed by atoms with Crippen LogP contribution in [0, 0.1) is 0 Å². The summed E-state index contributed by atoms with van der Waals surface area (Å²) < 4.78 is 43.4. The summed E-state index contributed by atoms with van der Waals surface area (Å²) in [5.41, 5.74) is -1.87. The molecule has 0 saturated heterocycles. The van der Waals surface area contributed by atoms with E-state index in [0.717, 1.165) is 6.07 Å². The fraction of sp³-hybridized carbons (Fsp3) is 0.462. The van der Waals surface area contributed by atoms with Crippen molar-refractivity contribution in [2.75, 3.05) is 13.7 Å². The number of hydrogen-bond donors (Lipinski definition) is 1. The third-order valence-electron chi connectivity index (χ3n) is 2.63. The fourth-order valence-corrected chi connectivity index (χ4v) is 1.86. The number of halogens is 3. The van der Waals surface area contributed by atoms with E-state index < -0.39 is 23.2 Å². The van der Waals surface area contributed by atoms with Crippen LogP contribution in [0.3, 0.4) is 0 Å². The Morgan fingerprint density at radius 1 is 1.21 bits per heavy atom. The van der Waals surface area contributed by atoms with E-state index in [4.69, 9.17) is 0 Å². The van der Waals surface area contributed by atoms with Crippen molar-refractivity contribution >= 4 is 5.91 Å². The molecular weight excluding hydrogens is 259 g/mol. The first-order valence-corrected chi connectivity index (χ1v) is 5.65. The molecule has 6 heteroatoms. The number of nitrogens with one attached hydrogen (secondary N) is 1. The van der Waals surface area contributed by atoms with Crippen LogP contribution in [0.4, 0.5) is 13.2 Å². The zero-order chi connectivity index (χ0) is 14.7. The van der Waals surface area contributed by atoms with Gasteiger partial charge in [0.05, 0.1) is 11.1 Å². The van der Waals surface area contributed by atoms with E-state index in [1.165, 1.54) is 39.2 Å². The van der Waals surface area contributed by atoms with Crippen molar-refractivity contribution in [1.29, 1.82) is 0 Å². The summed E-state index contributed by atoms with van der Waals surface area (Å²) in [6.07, 6.45) is -4.46. The molecule has 0 aromatic heterocycles. The summed E-state index contributed by atoms with van der Waals surface area (Å²) in [5.74, 6) is -0.468. The smallest absolute Gasteiger partial charge is 0.375 e. The molecular formula is C13H16F3NO2. The highest BCUT2D eigenvalue weighted by atomic mass is 19.4. The quantitative estimate of drug-likeness (QED) is 0.917. The molecule has 19 heavy (non-hydrogen) atoms. The molecule has 106 valence electrons. The fourth-order valence-electron chi connectivity index (χ4n) is 1.86. The van der Waals surface area contributed by atoms with Gasteiger partial charge in [0.2, 0.25) is 5.91 Å². The van der Waals surface area contributed by atoms with Crippen LogP contribution in [-0.2, 0) is 21.2 Å². The summed E-state index contributed by atoms with van der Waals surface area (Å²) in [6, 6.07) is 5.18. The van der Waals surface area contributed by atoms with Crippen LogP contribution >= 0.6 is 0 Å². The van der Waals surface area contributed by atoms with E-state index in [9.17, 15) is 18.0 Å². The van der Waals surface area contributed by atoms with Gasteiger partial charge in [-0.25, -0.2) is 0 Å². The lowest BCUT2D eigenvalue weighted by Crippen LogP contribution is -2.43. The molecule has 0 heterocycles. The van der Waals surface area contributed by atoms with Gasteiger partial charge >= 0.3 is 6.18 Å². The molecule has 1 amide bonds. The van der Waals surface area contributed by atoms with Gasteiger partial charge in [-0.2, -0.15) is 13.2 Å². The van der Waals surface area contributed by atoms with E-state index in [-0.39, 0.29) is 12.2 Å². The number of benzene rings is 1. The maximum absolute atomic E-state index is 12.9. The number of carbonyl (C=O) groups is 1. The molecule has 1 N–H and O–H groups in total. The Hall–Kier alpha value is -1.56. The molecule has 0 aliphatic carbocycles. The number of rotatable bonds is 4. The minimum absolute atomic E-state index is 0.0203. The van der Waals surface area contributed by atoms with Crippen LogP contribution in [0.1, 0.15) is 25.0 Å². The molecule has 0 radical (unpaired) electrons. The van der Waals surface area contributed by atoms with Crippen LogP contribution in [0.5, 0.6) is 0 Å². The van der Waals surface area contributed by atoms with Gasteiger partial charge in [-0.15, -0.1) is 0 Å². The van der Waals surface area contributed by atoms with Crippen molar-refractivity contribution in [3.8, 4) is 0 Å². The summed E-state index contributed by atoms with van der Waals surface area (Å²) in [7, 11) is 1.34. The number of amides is 1. The predicted molar refractivity (Wildman–Crippen MR) is 64.5 cm³/mol.